The Morgan fingerprint density at radius 1 is 1.00 bits per heavy atom. The van der Waals surface area contributed by atoms with Gasteiger partial charge in [0.05, 0.1) is 18.8 Å². The number of carbonyl (C=O) groups excluding carboxylic acids is 2. The summed E-state index contributed by atoms with van der Waals surface area (Å²) in [5, 5.41) is 0.732. The second-order valence-corrected chi connectivity index (χ2v) is 9.97. The van der Waals surface area contributed by atoms with Crippen molar-refractivity contribution in [2.24, 2.45) is 17.8 Å². The maximum Gasteiger partial charge on any atom is 0.255 e. The summed E-state index contributed by atoms with van der Waals surface area (Å²) < 4.78 is 5.58. The summed E-state index contributed by atoms with van der Waals surface area (Å²) in [6.07, 6.45) is 4.96. The Hall–Kier alpha value is -2.67. The van der Waals surface area contributed by atoms with Crippen LogP contribution in [0, 0.1) is 17.8 Å². The highest BCUT2D eigenvalue weighted by molar-refractivity contribution is 6.07. The number of H-pyrrole nitrogens is 1. The van der Waals surface area contributed by atoms with Crippen LogP contribution in [0.15, 0.2) is 35.1 Å². The predicted molar refractivity (Wildman–Crippen MR) is 119 cm³/mol. The highest BCUT2D eigenvalue weighted by Crippen LogP contribution is 2.42. The summed E-state index contributed by atoms with van der Waals surface area (Å²) >= 11 is 0. The summed E-state index contributed by atoms with van der Waals surface area (Å²) in [6.45, 7) is 2.91. The quantitative estimate of drug-likeness (QED) is 0.785. The fourth-order valence-electron chi connectivity index (χ4n) is 6.57. The Morgan fingerprint density at radius 2 is 1.75 bits per heavy atom. The van der Waals surface area contributed by atoms with Gasteiger partial charge in [-0.05, 0) is 31.2 Å². The molecule has 4 heterocycles. The van der Waals surface area contributed by atoms with Crippen LogP contribution in [-0.2, 0) is 9.53 Å². The van der Waals surface area contributed by atoms with Crippen LogP contribution in [0.3, 0.4) is 0 Å². The van der Waals surface area contributed by atoms with Crippen molar-refractivity contribution in [3.63, 3.8) is 0 Å². The molecule has 32 heavy (non-hydrogen) atoms. The molecule has 168 valence electrons. The molecule has 0 radical (unpaired) electrons. The van der Waals surface area contributed by atoms with E-state index in [0.29, 0.717) is 28.8 Å². The number of nitrogens with one attached hydrogen (secondary N) is 1. The second kappa shape index (κ2) is 7.73. The van der Waals surface area contributed by atoms with Crippen LogP contribution >= 0.6 is 0 Å². The topological polar surface area (TPSA) is 82.7 Å². The zero-order valence-corrected chi connectivity index (χ0v) is 18.2. The average Bonchev–Trinajstić information content (AvgIpc) is 3.50. The molecule has 0 spiro atoms. The molecule has 1 aromatic carbocycles. The van der Waals surface area contributed by atoms with Crippen molar-refractivity contribution in [3.8, 4) is 0 Å². The summed E-state index contributed by atoms with van der Waals surface area (Å²) in [4.78, 5) is 46.7. The van der Waals surface area contributed by atoms with Gasteiger partial charge >= 0.3 is 0 Å². The number of aromatic amines is 1. The maximum atomic E-state index is 14.0. The van der Waals surface area contributed by atoms with Crippen molar-refractivity contribution in [1.29, 1.82) is 0 Å². The first-order valence-electron chi connectivity index (χ1n) is 11.9. The molecule has 7 heteroatoms. The Labute approximate surface area is 186 Å². The van der Waals surface area contributed by atoms with E-state index in [1.807, 2.05) is 34.1 Å². The number of amides is 2. The Bertz CT molecular complexity index is 1120. The van der Waals surface area contributed by atoms with Crippen LogP contribution in [0.25, 0.3) is 10.9 Å². The number of para-hydroxylation sites is 1. The first-order valence-corrected chi connectivity index (χ1v) is 11.9. The number of rotatable bonds is 2. The lowest BCUT2D eigenvalue weighted by molar-refractivity contribution is -0.135. The van der Waals surface area contributed by atoms with Crippen LogP contribution in [-0.4, -0.2) is 65.0 Å². The van der Waals surface area contributed by atoms with Gasteiger partial charge in [0, 0.05) is 47.9 Å². The van der Waals surface area contributed by atoms with Crippen LogP contribution in [0.4, 0.5) is 0 Å². The van der Waals surface area contributed by atoms with Gasteiger partial charge in [0.25, 0.3) is 5.91 Å². The fourth-order valence-corrected chi connectivity index (χ4v) is 6.57. The summed E-state index contributed by atoms with van der Waals surface area (Å²) in [7, 11) is 0. The molecule has 0 unspecified atom stereocenters. The number of pyridine rings is 1. The zero-order valence-electron chi connectivity index (χ0n) is 18.2. The maximum absolute atomic E-state index is 14.0. The second-order valence-electron chi connectivity index (χ2n) is 9.97. The van der Waals surface area contributed by atoms with E-state index in [1.165, 1.54) is 6.07 Å². The molecule has 1 aromatic heterocycles. The number of carbonyl (C=O) groups is 2. The lowest BCUT2D eigenvalue weighted by Gasteiger charge is -2.35. The van der Waals surface area contributed by atoms with E-state index >= 15 is 0 Å². The van der Waals surface area contributed by atoms with Crippen LogP contribution < -0.4 is 5.56 Å². The molecule has 0 bridgehead atoms. The zero-order chi connectivity index (χ0) is 21.8. The van der Waals surface area contributed by atoms with Gasteiger partial charge in [-0.2, -0.15) is 0 Å². The van der Waals surface area contributed by atoms with E-state index in [9.17, 15) is 14.4 Å². The smallest absolute Gasteiger partial charge is 0.255 e. The van der Waals surface area contributed by atoms with Crippen molar-refractivity contribution >= 4 is 22.7 Å². The highest BCUT2D eigenvalue weighted by atomic mass is 16.5. The minimum Gasteiger partial charge on any atom is -0.381 e. The summed E-state index contributed by atoms with van der Waals surface area (Å²) in [5.74, 6) is 1.10. The molecule has 1 N–H and O–H groups in total. The molecule has 4 aliphatic rings. The molecule has 2 amide bonds. The molecular weight excluding hydrogens is 406 g/mol. The van der Waals surface area contributed by atoms with Gasteiger partial charge in [-0.3, -0.25) is 14.4 Å². The van der Waals surface area contributed by atoms with Crippen molar-refractivity contribution in [2.45, 2.75) is 44.2 Å². The first-order chi connectivity index (χ1) is 15.6. The highest BCUT2D eigenvalue weighted by Gasteiger charge is 2.50. The molecule has 5 atom stereocenters. The van der Waals surface area contributed by atoms with Crippen LogP contribution in [0.2, 0.25) is 0 Å². The van der Waals surface area contributed by atoms with Crippen molar-refractivity contribution in [2.75, 3.05) is 26.3 Å². The van der Waals surface area contributed by atoms with E-state index in [0.717, 1.165) is 63.8 Å². The van der Waals surface area contributed by atoms with Gasteiger partial charge in [-0.15, -0.1) is 0 Å². The molecule has 3 saturated heterocycles. The minimum absolute atomic E-state index is 0.0775. The third kappa shape index (κ3) is 3.17. The number of hydrogen-bond donors (Lipinski definition) is 1. The van der Waals surface area contributed by atoms with Gasteiger partial charge < -0.3 is 19.5 Å². The third-order valence-electron chi connectivity index (χ3n) is 8.14. The van der Waals surface area contributed by atoms with E-state index in [2.05, 4.69) is 4.98 Å². The van der Waals surface area contributed by atoms with Gasteiger partial charge in [0.15, 0.2) is 0 Å². The molecule has 4 fully saturated rings. The van der Waals surface area contributed by atoms with Gasteiger partial charge in [0.2, 0.25) is 11.5 Å². The summed E-state index contributed by atoms with van der Waals surface area (Å²) in [5.41, 5.74) is 0.764. The molecule has 3 aliphatic heterocycles. The third-order valence-corrected chi connectivity index (χ3v) is 8.14. The number of benzene rings is 1. The molecular formula is C25H29N3O4. The molecule has 6 rings (SSSR count). The number of nitrogens with zero attached hydrogens (tertiary/aromatic N) is 2. The predicted octanol–water partition coefficient (Wildman–Crippen LogP) is 2.41. The van der Waals surface area contributed by atoms with Crippen LogP contribution in [0.5, 0.6) is 0 Å². The number of hydrogen-bond acceptors (Lipinski definition) is 4. The van der Waals surface area contributed by atoms with E-state index in [4.69, 9.17) is 4.74 Å². The first kappa shape index (κ1) is 20.0. The number of likely N-dealkylation sites (tertiary alicyclic amines) is 2. The number of ether oxygens (including phenoxy) is 1. The standard InChI is InChI=1S/C25H29N3O4/c29-23-10-19(18-6-2-3-7-20(18)26-23)24(30)28-21-8-4-1-5-15(21)9-22(28)25(31)27-11-16-13-32-14-17(16)12-27/h2-3,6-7,10,15-17,21-22H,1,4-5,8-9,11-14H2,(H,26,29)/t15-,16-,17+,21-,22-/m1/s1. The molecule has 1 saturated carbocycles. The van der Waals surface area contributed by atoms with Gasteiger partial charge in [0.1, 0.15) is 6.04 Å². The average molecular weight is 436 g/mol. The monoisotopic (exact) mass is 435 g/mol. The molecule has 1 aliphatic carbocycles. The van der Waals surface area contributed by atoms with E-state index in [-0.39, 0.29) is 23.4 Å². The van der Waals surface area contributed by atoms with Crippen molar-refractivity contribution in [3.05, 3.63) is 46.2 Å². The molecule has 7 nitrogen and oxygen atoms in total. The number of aromatic nitrogens is 1. The van der Waals surface area contributed by atoms with Crippen molar-refractivity contribution in [1.82, 2.24) is 14.8 Å². The van der Waals surface area contributed by atoms with Crippen molar-refractivity contribution < 1.29 is 14.3 Å². The van der Waals surface area contributed by atoms with Crippen LogP contribution in [0.1, 0.15) is 42.5 Å². The lowest BCUT2D eigenvalue weighted by Crippen LogP contribution is -2.50. The lowest BCUT2D eigenvalue weighted by atomic mass is 9.84. The van der Waals surface area contributed by atoms with E-state index in [1.54, 1.807) is 0 Å². The Kier molecular flexibility index (Phi) is 4.82. The largest absolute Gasteiger partial charge is 0.381 e. The normalized spacial score (nSPS) is 31.7. The van der Waals surface area contributed by atoms with Gasteiger partial charge in [-0.25, -0.2) is 0 Å². The molecule has 2 aromatic rings. The Morgan fingerprint density at radius 3 is 2.56 bits per heavy atom. The SMILES string of the molecule is O=C([C@H]1C[C@H]2CCCC[C@H]2N1C(=O)c1cc(=O)[nH]c2ccccc12)N1C[C@H]2COC[C@H]2C1. The fraction of sp³-hybridized carbons (Fsp3) is 0.560. The van der Waals surface area contributed by atoms with Gasteiger partial charge in [-0.1, -0.05) is 31.0 Å². The number of fused-ring (bicyclic) bond motifs is 3. The minimum atomic E-state index is -0.437. The van der Waals surface area contributed by atoms with E-state index < -0.39 is 6.04 Å². The Balaban J connectivity index is 1.36. The summed E-state index contributed by atoms with van der Waals surface area (Å²) in [6, 6.07) is 8.44.